The predicted molar refractivity (Wildman–Crippen MR) is 103 cm³/mol. The summed E-state index contributed by atoms with van der Waals surface area (Å²) in [5.41, 5.74) is 3.26. The number of carbonyl (C=O) groups is 1. The molecule has 0 aliphatic heterocycles. The standard InChI is InChI=1S/C19H22N6O2/c1-12-4-6-15(7-5-12)23-17-10-13(2)22-19(24-17)21-9-8-20-18(26)16-11-14(3)27-25-16/h4-7,10-11H,8-9H2,1-3H3,(H,20,26)(H2,21,22,23,24). The molecule has 8 nitrogen and oxygen atoms in total. The molecule has 2 heterocycles. The third-order valence-corrected chi connectivity index (χ3v) is 3.73. The minimum atomic E-state index is -0.277. The van der Waals surface area contributed by atoms with Crippen LogP contribution in [0.15, 0.2) is 40.9 Å². The van der Waals surface area contributed by atoms with Gasteiger partial charge in [0.1, 0.15) is 11.6 Å². The van der Waals surface area contributed by atoms with Crippen LogP contribution < -0.4 is 16.0 Å². The number of amides is 1. The van der Waals surface area contributed by atoms with E-state index in [0.29, 0.717) is 30.6 Å². The van der Waals surface area contributed by atoms with E-state index in [2.05, 4.69) is 31.1 Å². The summed E-state index contributed by atoms with van der Waals surface area (Å²) < 4.78 is 4.89. The number of nitrogens with zero attached hydrogens (tertiary/aromatic N) is 3. The van der Waals surface area contributed by atoms with Gasteiger partial charge in [-0.05, 0) is 32.9 Å². The third-order valence-electron chi connectivity index (χ3n) is 3.73. The summed E-state index contributed by atoms with van der Waals surface area (Å²) in [5, 5.41) is 12.8. The van der Waals surface area contributed by atoms with E-state index in [0.717, 1.165) is 11.4 Å². The van der Waals surface area contributed by atoms with Gasteiger partial charge >= 0.3 is 0 Å². The largest absolute Gasteiger partial charge is 0.361 e. The first kappa shape index (κ1) is 18.4. The Morgan fingerprint density at radius 2 is 1.81 bits per heavy atom. The van der Waals surface area contributed by atoms with Gasteiger partial charge in [0.15, 0.2) is 5.69 Å². The molecule has 0 atom stereocenters. The van der Waals surface area contributed by atoms with Crippen molar-refractivity contribution in [3.8, 4) is 0 Å². The SMILES string of the molecule is Cc1ccc(Nc2cc(C)nc(NCCNC(=O)c3cc(C)on3)n2)cc1. The van der Waals surface area contributed by atoms with Crippen molar-refractivity contribution in [1.29, 1.82) is 0 Å². The quantitative estimate of drug-likeness (QED) is 0.552. The predicted octanol–water partition coefficient (Wildman–Crippen LogP) is 2.98. The molecule has 0 saturated heterocycles. The van der Waals surface area contributed by atoms with E-state index in [9.17, 15) is 4.79 Å². The van der Waals surface area contributed by atoms with Crippen molar-refractivity contribution in [1.82, 2.24) is 20.4 Å². The number of aromatic nitrogens is 3. The van der Waals surface area contributed by atoms with Crippen LogP contribution in [0.2, 0.25) is 0 Å². The molecule has 0 aliphatic rings. The molecular formula is C19H22N6O2. The van der Waals surface area contributed by atoms with Crippen molar-refractivity contribution in [2.24, 2.45) is 0 Å². The molecule has 3 aromatic rings. The summed E-state index contributed by atoms with van der Waals surface area (Å²) in [4.78, 5) is 20.7. The molecular weight excluding hydrogens is 344 g/mol. The van der Waals surface area contributed by atoms with Crippen molar-refractivity contribution >= 4 is 23.4 Å². The number of benzene rings is 1. The van der Waals surface area contributed by atoms with Crippen LogP contribution in [0.5, 0.6) is 0 Å². The first-order valence-electron chi connectivity index (χ1n) is 8.64. The van der Waals surface area contributed by atoms with Crippen LogP contribution in [0.4, 0.5) is 17.5 Å². The molecule has 0 fully saturated rings. The number of rotatable bonds is 7. The molecule has 0 radical (unpaired) electrons. The van der Waals surface area contributed by atoms with Crippen molar-refractivity contribution in [2.75, 3.05) is 23.7 Å². The van der Waals surface area contributed by atoms with E-state index in [4.69, 9.17) is 4.52 Å². The van der Waals surface area contributed by atoms with Gasteiger partial charge in [-0.1, -0.05) is 22.9 Å². The maximum Gasteiger partial charge on any atom is 0.273 e. The molecule has 1 amide bonds. The third kappa shape index (κ3) is 5.27. The minimum Gasteiger partial charge on any atom is -0.361 e. The average molecular weight is 366 g/mol. The zero-order chi connectivity index (χ0) is 19.2. The molecule has 140 valence electrons. The average Bonchev–Trinajstić information content (AvgIpc) is 3.07. The van der Waals surface area contributed by atoms with Crippen LogP contribution in [0.25, 0.3) is 0 Å². The van der Waals surface area contributed by atoms with E-state index in [1.54, 1.807) is 13.0 Å². The van der Waals surface area contributed by atoms with Crippen LogP contribution in [-0.2, 0) is 0 Å². The van der Waals surface area contributed by atoms with Gasteiger partial charge in [0, 0.05) is 36.6 Å². The zero-order valence-corrected chi connectivity index (χ0v) is 15.5. The lowest BCUT2D eigenvalue weighted by atomic mass is 10.2. The lowest BCUT2D eigenvalue weighted by Gasteiger charge is -2.10. The summed E-state index contributed by atoms with van der Waals surface area (Å²) in [6, 6.07) is 11.5. The van der Waals surface area contributed by atoms with Gasteiger partial charge in [-0.3, -0.25) is 4.79 Å². The van der Waals surface area contributed by atoms with E-state index < -0.39 is 0 Å². The molecule has 0 spiro atoms. The first-order valence-corrected chi connectivity index (χ1v) is 8.64. The zero-order valence-electron chi connectivity index (χ0n) is 15.5. The van der Waals surface area contributed by atoms with Crippen molar-refractivity contribution in [2.45, 2.75) is 20.8 Å². The van der Waals surface area contributed by atoms with Gasteiger partial charge in [0.05, 0.1) is 0 Å². The highest BCUT2D eigenvalue weighted by Crippen LogP contribution is 2.17. The lowest BCUT2D eigenvalue weighted by Crippen LogP contribution is -2.29. The Labute approximate surface area is 157 Å². The molecule has 0 aliphatic carbocycles. The second-order valence-corrected chi connectivity index (χ2v) is 6.21. The van der Waals surface area contributed by atoms with Gasteiger partial charge in [-0.15, -0.1) is 0 Å². The Bertz CT molecular complexity index is 920. The number of nitrogens with one attached hydrogen (secondary N) is 3. The van der Waals surface area contributed by atoms with Gasteiger partial charge < -0.3 is 20.5 Å². The van der Waals surface area contributed by atoms with E-state index in [1.165, 1.54) is 5.56 Å². The monoisotopic (exact) mass is 366 g/mol. The molecule has 27 heavy (non-hydrogen) atoms. The molecule has 3 N–H and O–H groups in total. The first-order chi connectivity index (χ1) is 13.0. The highest BCUT2D eigenvalue weighted by molar-refractivity contribution is 5.92. The van der Waals surface area contributed by atoms with Crippen LogP contribution in [0.1, 0.15) is 27.5 Å². The molecule has 0 unspecified atom stereocenters. The molecule has 3 rings (SSSR count). The smallest absolute Gasteiger partial charge is 0.273 e. The summed E-state index contributed by atoms with van der Waals surface area (Å²) in [6.45, 7) is 6.58. The Balaban J connectivity index is 1.53. The van der Waals surface area contributed by atoms with Crippen LogP contribution in [0.3, 0.4) is 0 Å². The van der Waals surface area contributed by atoms with Crippen molar-refractivity contribution in [3.05, 3.63) is 59.1 Å². The topological polar surface area (TPSA) is 105 Å². The minimum absolute atomic E-state index is 0.267. The fourth-order valence-electron chi connectivity index (χ4n) is 2.41. The van der Waals surface area contributed by atoms with E-state index in [1.807, 2.05) is 44.2 Å². The number of carbonyl (C=O) groups excluding carboxylic acids is 1. The molecule has 0 saturated carbocycles. The van der Waals surface area contributed by atoms with Crippen LogP contribution in [0, 0.1) is 20.8 Å². The highest BCUT2D eigenvalue weighted by Gasteiger charge is 2.10. The molecule has 2 aromatic heterocycles. The molecule has 0 bridgehead atoms. The van der Waals surface area contributed by atoms with Crippen LogP contribution in [-0.4, -0.2) is 34.1 Å². The molecule has 8 heteroatoms. The fourth-order valence-corrected chi connectivity index (χ4v) is 2.41. The second kappa shape index (κ2) is 8.31. The highest BCUT2D eigenvalue weighted by atomic mass is 16.5. The second-order valence-electron chi connectivity index (χ2n) is 6.21. The van der Waals surface area contributed by atoms with E-state index >= 15 is 0 Å². The summed E-state index contributed by atoms with van der Waals surface area (Å²) in [7, 11) is 0. The summed E-state index contributed by atoms with van der Waals surface area (Å²) in [5.74, 6) is 1.52. The van der Waals surface area contributed by atoms with E-state index in [-0.39, 0.29) is 11.6 Å². The maximum atomic E-state index is 11.9. The number of hydrogen-bond donors (Lipinski definition) is 3. The summed E-state index contributed by atoms with van der Waals surface area (Å²) >= 11 is 0. The Morgan fingerprint density at radius 3 is 2.52 bits per heavy atom. The van der Waals surface area contributed by atoms with Gasteiger partial charge in [0.2, 0.25) is 5.95 Å². The van der Waals surface area contributed by atoms with Crippen molar-refractivity contribution in [3.63, 3.8) is 0 Å². The Hall–Kier alpha value is -3.42. The van der Waals surface area contributed by atoms with Gasteiger partial charge in [-0.2, -0.15) is 4.98 Å². The number of hydrogen-bond acceptors (Lipinski definition) is 7. The fraction of sp³-hybridized carbons (Fsp3) is 0.263. The Kier molecular flexibility index (Phi) is 5.65. The van der Waals surface area contributed by atoms with Gasteiger partial charge in [-0.25, -0.2) is 4.98 Å². The van der Waals surface area contributed by atoms with Crippen LogP contribution >= 0.6 is 0 Å². The molecule has 1 aromatic carbocycles. The number of anilines is 3. The van der Waals surface area contributed by atoms with Gasteiger partial charge in [0.25, 0.3) is 5.91 Å². The lowest BCUT2D eigenvalue weighted by molar-refractivity contribution is 0.0946. The Morgan fingerprint density at radius 1 is 1.04 bits per heavy atom. The maximum absolute atomic E-state index is 11.9. The number of aryl methyl sites for hydroxylation is 3. The normalized spacial score (nSPS) is 10.5. The van der Waals surface area contributed by atoms with Crippen molar-refractivity contribution < 1.29 is 9.32 Å². The summed E-state index contributed by atoms with van der Waals surface area (Å²) in [6.07, 6.45) is 0.